The first-order chi connectivity index (χ1) is 24.5. The van der Waals surface area contributed by atoms with Crippen LogP contribution in [0.3, 0.4) is 0 Å². The molecule has 52 heavy (non-hydrogen) atoms. The van der Waals surface area contributed by atoms with Crippen molar-refractivity contribution in [2.75, 3.05) is 13.7 Å². The van der Waals surface area contributed by atoms with Gasteiger partial charge in [-0.3, -0.25) is 9.36 Å². The molecule has 2 heterocycles. The number of aromatic nitrogens is 2. The molecule has 3 aromatic carbocycles. The van der Waals surface area contributed by atoms with Crippen molar-refractivity contribution < 1.29 is 28.5 Å². The summed E-state index contributed by atoms with van der Waals surface area (Å²) in [6.07, 6.45) is -4.53. The van der Waals surface area contributed by atoms with Gasteiger partial charge in [0.2, 0.25) is 0 Å². The number of halogens is 4. The number of methoxy groups -OCH3 is 1. The topological polar surface area (TPSA) is 110 Å². The molecule has 5 rings (SSSR count). The molecule has 280 valence electrons. The molecule has 0 amide bonds. The SMILES string of the molecule is COc1cc(Cl)c(C(O[C@H]2[C@@H](O)[C@H](n3ccc(=O)n(COCc4ccccc4)c3=O)O[C@@H]2CO[Si](C)(C)C(C)(C)C)c2ccc(Cl)cc2Cl)c(Cl)c1. The van der Waals surface area contributed by atoms with Crippen LogP contribution in [0.15, 0.2) is 82.5 Å². The predicted molar refractivity (Wildman–Crippen MR) is 205 cm³/mol. The fourth-order valence-corrected chi connectivity index (χ4v) is 7.72. The summed E-state index contributed by atoms with van der Waals surface area (Å²) in [5, 5.41) is 13.0. The Balaban J connectivity index is 1.54. The van der Waals surface area contributed by atoms with Crippen LogP contribution in [0.1, 0.15) is 49.8 Å². The maximum atomic E-state index is 13.8. The summed E-state index contributed by atoms with van der Waals surface area (Å²) < 4.78 is 33.0. The Bertz CT molecular complexity index is 1960. The van der Waals surface area contributed by atoms with Crippen LogP contribution in [-0.4, -0.2) is 54.6 Å². The number of hydrogen-bond donors (Lipinski definition) is 1. The summed E-state index contributed by atoms with van der Waals surface area (Å²) in [5.41, 5.74) is 0.371. The van der Waals surface area contributed by atoms with Crippen molar-refractivity contribution in [1.29, 1.82) is 0 Å². The zero-order valence-corrected chi connectivity index (χ0v) is 33.7. The molecular formula is C37H42Cl4N2O8Si. The molecule has 1 unspecified atom stereocenters. The van der Waals surface area contributed by atoms with E-state index in [1.807, 2.05) is 30.3 Å². The van der Waals surface area contributed by atoms with Crippen LogP contribution in [-0.2, 0) is 32.0 Å². The highest BCUT2D eigenvalue weighted by Gasteiger charge is 2.49. The monoisotopic (exact) mass is 810 g/mol. The first-order valence-electron chi connectivity index (χ1n) is 16.6. The zero-order chi connectivity index (χ0) is 38.0. The van der Waals surface area contributed by atoms with Crippen molar-refractivity contribution in [1.82, 2.24) is 9.13 Å². The van der Waals surface area contributed by atoms with Gasteiger partial charge in [-0.1, -0.05) is 104 Å². The standard InChI is InChI=1S/C37H42Cl4N2O8Si/c1-37(2,3)52(5,6)49-20-29-34(51-33(25-13-12-23(38)16-26(25)39)31-27(40)17-24(47-4)18-28(31)41)32(45)35(50-29)42-15-14-30(44)43(36(42)46)21-48-19-22-10-8-7-9-11-22/h7-18,29,32-35,45H,19-21H2,1-6H3/t29-,32-,33?,34-,35-/m1/s1. The first kappa shape index (κ1) is 40.5. The molecule has 0 saturated carbocycles. The molecule has 0 spiro atoms. The molecule has 10 nitrogen and oxygen atoms in total. The molecule has 1 saturated heterocycles. The third-order valence-corrected chi connectivity index (χ3v) is 15.2. The van der Waals surface area contributed by atoms with E-state index in [0.717, 1.165) is 14.7 Å². The lowest BCUT2D eigenvalue weighted by molar-refractivity contribution is -0.0775. The highest BCUT2D eigenvalue weighted by molar-refractivity contribution is 6.74. The van der Waals surface area contributed by atoms with Gasteiger partial charge < -0.3 is 28.5 Å². The largest absolute Gasteiger partial charge is 0.497 e. The van der Waals surface area contributed by atoms with E-state index in [1.165, 1.54) is 19.4 Å². The molecule has 5 atom stereocenters. The van der Waals surface area contributed by atoms with Crippen LogP contribution < -0.4 is 16.0 Å². The summed E-state index contributed by atoms with van der Waals surface area (Å²) in [7, 11) is -0.855. The van der Waals surface area contributed by atoms with E-state index in [2.05, 4.69) is 33.9 Å². The normalized spacial score (nSPS) is 19.9. The van der Waals surface area contributed by atoms with Crippen molar-refractivity contribution in [3.05, 3.63) is 131 Å². The van der Waals surface area contributed by atoms with Crippen LogP contribution >= 0.6 is 46.4 Å². The third kappa shape index (κ3) is 8.98. The summed E-state index contributed by atoms with van der Waals surface area (Å²) in [4.78, 5) is 26.7. The molecule has 15 heteroatoms. The van der Waals surface area contributed by atoms with Crippen LogP contribution in [0.4, 0.5) is 0 Å². The maximum Gasteiger partial charge on any atom is 0.335 e. The molecule has 0 bridgehead atoms. The van der Waals surface area contributed by atoms with Gasteiger partial charge in [0.05, 0.1) is 30.4 Å². The third-order valence-electron chi connectivity index (χ3n) is 9.51. The second-order valence-corrected chi connectivity index (χ2v) is 20.5. The van der Waals surface area contributed by atoms with E-state index in [1.54, 1.807) is 30.3 Å². The van der Waals surface area contributed by atoms with Crippen LogP contribution in [0, 0.1) is 0 Å². The Morgan fingerprint density at radius 3 is 2.23 bits per heavy atom. The molecule has 0 aliphatic carbocycles. The second kappa shape index (κ2) is 16.8. The van der Waals surface area contributed by atoms with E-state index < -0.39 is 50.2 Å². The minimum Gasteiger partial charge on any atom is -0.497 e. The lowest BCUT2D eigenvalue weighted by Gasteiger charge is -2.37. The minimum atomic E-state index is -2.35. The summed E-state index contributed by atoms with van der Waals surface area (Å²) in [6, 6.07) is 18.6. The molecular weight excluding hydrogens is 770 g/mol. The molecule has 1 aromatic heterocycles. The Labute approximate surface area is 323 Å². The summed E-state index contributed by atoms with van der Waals surface area (Å²) in [6.45, 7) is 10.4. The lowest BCUT2D eigenvalue weighted by Crippen LogP contribution is -2.45. The van der Waals surface area contributed by atoms with E-state index in [0.29, 0.717) is 21.9 Å². The van der Waals surface area contributed by atoms with Crippen LogP contribution in [0.5, 0.6) is 5.75 Å². The molecule has 1 fully saturated rings. The lowest BCUT2D eigenvalue weighted by atomic mass is 9.99. The molecule has 4 aromatic rings. The van der Waals surface area contributed by atoms with Gasteiger partial charge in [-0.15, -0.1) is 0 Å². The number of rotatable bonds is 13. The minimum absolute atomic E-state index is 0.0223. The van der Waals surface area contributed by atoms with Gasteiger partial charge in [0.15, 0.2) is 14.5 Å². The van der Waals surface area contributed by atoms with E-state index in [4.69, 9.17) is 69.8 Å². The molecule has 1 aliphatic rings. The fourth-order valence-electron chi connectivity index (χ4n) is 5.53. The van der Waals surface area contributed by atoms with Gasteiger partial charge in [-0.25, -0.2) is 9.36 Å². The van der Waals surface area contributed by atoms with Crippen LogP contribution in [0.2, 0.25) is 38.2 Å². The average Bonchev–Trinajstić information content (AvgIpc) is 3.38. The molecule has 1 aliphatic heterocycles. The maximum absolute atomic E-state index is 13.8. The van der Waals surface area contributed by atoms with Gasteiger partial charge >= 0.3 is 5.69 Å². The van der Waals surface area contributed by atoms with Crippen molar-refractivity contribution >= 4 is 54.7 Å². The quantitative estimate of drug-likeness (QED) is 0.135. The van der Waals surface area contributed by atoms with Gasteiger partial charge in [-0.2, -0.15) is 0 Å². The number of nitrogens with zero attached hydrogens (tertiary/aromatic N) is 2. The second-order valence-electron chi connectivity index (χ2n) is 14.0. The summed E-state index contributed by atoms with van der Waals surface area (Å²) >= 11 is 26.6. The smallest absolute Gasteiger partial charge is 0.335 e. The number of hydrogen-bond acceptors (Lipinski definition) is 8. The highest BCUT2D eigenvalue weighted by atomic mass is 35.5. The number of ether oxygens (including phenoxy) is 4. The number of benzene rings is 3. The van der Waals surface area contributed by atoms with Crippen molar-refractivity contribution in [3.8, 4) is 5.75 Å². The molecule has 1 N–H and O–H groups in total. The van der Waals surface area contributed by atoms with Gasteiger partial charge in [0.1, 0.15) is 36.9 Å². The Morgan fingerprint density at radius 1 is 0.942 bits per heavy atom. The Morgan fingerprint density at radius 2 is 1.62 bits per heavy atom. The van der Waals surface area contributed by atoms with E-state index in [9.17, 15) is 14.7 Å². The van der Waals surface area contributed by atoms with Gasteiger partial charge in [-0.05, 0) is 48.0 Å². The average molecular weight is 813 g/mol. The number of aliphatic hydroxyl groups excluding tert-OH is 1. The Hall–Kier alpha value is -2.68. The fraction of sp³-hybridized carbons (Fsp3) is 0.405. The van der Waals surface area contributed by atoms with E-state index >= 15 is 0 Å². The van der Waals surface area contributed by atoms with Gasteiger partial charge in [0.25, 0.3) is 5.56 Å². The van der Waals surface area contributed by atoms with Crippen LogP contribution in [0.25, 0.3) is 0 Å². The summed E-state index contributed by atoms with van der Waals surface area (Å²) in [5.74, 6) is 0.423. The Kier molecular flexibility index (Phi) is 13.1. The van der Waals surface area contributed by atoms with Gasteiger partial charge in [0, 0.05) is 33.4 Å². The molecule has 0 radical (unpaired) electrons. The van der Waals surface area contributed by atoms with E-state index in [-0.39, 0.29) is 40.1 Å². The zero-order valence-electron chi connectivity index (χ0n) is 29.6. The first-order valence-corrected chi connectivity index (χ1v) is 21.0. The van der Waals surface area contributed by atoms with Crippen molar-refractivity contribution in [3.63, 3.8) is 0 Å². The highest BCUT2D eigenvalue weighted by Crippen LogP contribution is 2.45. The predicted octanol–water partition coefficient (Wildman–Crippen LogP) is 8.26. The van der Waals surface area contributed by atoms with Crippen molar-refractivity contribution in [2.24, 2.45) is 0 Å². The number of aliphatic hydroxyl groups is 1. The van der Waals surface area contributed by atoms with Crippen molar-refractivity contribution in [2.45, 2.75) is 82.9 Å².